The van der Waals surface area contributed by atoms with Crippen LogP contribution in [0.3, 0.4) is 0 Å². The van der Waals surface area contributed by atoms with Crippen molar-refractivity contribution in [2.45, 2.75) is 32.3 Å². The molecular formula is C19H25FN2O2Si. The van der Waals surface area contributed by atoms with E-state index in [-0.39, 0.29) is 11.7 Å². The molecule has 6 heteroatoms. The number of hydrogen-bond acceptors (Lipinski definition) is 3. The molecule has 0 heterocycles. The lowest BCUT2D eigenvalue weighted by Crippen LogP contribution is -2.40. The predicted molar refractivity (Wildman–Crippen MR) is 102 cm³/mol. The third-order valence-electron chi connectivity index (χ3n) is 3.98. The summed E-state index contributed by atoms with van der Waals surface area (Å²) in [4.78, 5) is 12.3. The van der Waals surface area contributed by atoms with Crippen LogP contribution in [-0.2, 0) is 16.1 Å². The molecule has 0 aliphatic heterocycles. The summed E-state index contributed by atoms with van der Waals surface area (Å²) in [6, 6.07) is 11.4. The van der Waals surface area contributed by atoms with E-state index < -0.39 is 14.1 Å². The van der Waals surface area contributed by atoms with E-state index >= 15 is 0 Å². The lowest BCUT2D eigenvalue weighted by Gasteiger charge is -2.19. The zero-order valence-corrected chi connectivity index (χ0v) is 16.1. The smallest absolute Gasteiger partial charge is 0.245 e. The van der Waals surface area contributed by atoms with Gasteiger partial charge in [-0.05, 0) is 28.4 Å². The second-order valence-electron chi connectivity index (χ2n) is 7.09. The number of ether oxygens (including phenoxy) is 1. The van der Waals surface area contributed by atoms with Gasteiger partial charge < -0.3 is 15.8 Å². The largest absolute Gasteiger partial charge is 0.380 e. The van der Waals surface area contributed by atoms with E-state index in [2.05, 4.69) is 25.0 Å². The molecule has 0 aliphatic rings. The molecule has 25 heavy (non-hydrogen) atoms. The number of methoxy groups -OCH3 is 1. The summed E-state index contributed by atoms with van der Waals surface area (Å²) < 4.78 is 19.3. The minimum Gasteiger partial charge on any atom is -0.380 e. The van der Waals surface area contributed by atoms with Gasteiger partial charge in [0.05, 0.1) is 14.7 Å². The van der Waals surface area contributed by atoms with Gasteiger partial charge in [0.15, 0.2) is 0 Å². The number of benzene rings is 2. The van der Waals surface area contributed by atoms with Crippen molar-refractivity contribution >= 4 is 24.9 Å². The molecule has 0 saturated carbocycles. The van der Waals surface area contributed by atoms with E-state index in [9.17, 15) is 9.18 Å². The van der Waals surface area contributed by atoms with Gasteiger partial charge in [-0.25, -0.2) is 4.39 Å². The average molecular weight is 361 g/mol. The fourth-order valence-corrected chi connectivity index (χ4v) is 3.93. The summed E-state index contributed by atoms with van der Waals surface area (Å²) >= 11 is 0. The molecule has 0 aliphatic carbocycles. The van der Waals surface area contributed by atoms with Gasteiger partial charge in [0.2, 0.25) is 5.91 Å². The third-order valence-corrected chi connectivity index (χ3v) is 6.00. The van der Waals surface area contributed by atoms with Gasteiger partial charge in [0, 0.05) is 12.8 Å². The number of amides is 1. The van der Waals surface area contributed by atoms with Gasteiger partial charge in [0.1, 0.15) is 11.9 Å². The molecule has 1 amide bonds. The number of carbonyl (C=O) groups is 1. The first kappa shape index (κ1) is 19.3. The predicted octanol–water partition coefficient (Wildman–Crippen LogP) is 3.16. The molecule has 1 atom stereocenters. The Labute approximate surface area is 149 Å². The molecule has 0 spiro atoms. The van der Waals surface area contributed by atoms with Crippen molar-refractivity contribution < 1.29 is 13.9 Å². The van der Waals surface area contributed by atoms with Crippen LogP contribution >= 0.6 is 0 Å². The molecule has 2 aromatic carbocycles. The minimum atomic E-state index is -1.75. The summed E-state index contributed by atoms with van der Waals surface area (Å²) in [7, 11) is -0.126. The molecule has 0 unspecified atom stereocenters. The first-order valence-electron chi connectivity index (χ1n) is 8.16. The van der Waals surface area contributed by atoms with Crippen molar-refractivity contribution in [2.75, 3.05) is 12.4 Å². The van der Waals surface area contributed by atoms with E-state index in [1.54, 1.807) is 31.4 Å². The quantitative estimate of drug-likeness (QED) is 0.778. The molecule has 0 saturated heterocycles. The number of halogens is 1. The highest BCUT2D eigenvalue weighted by atomic mass is 28.3. The number of nitrogens with two attached hydrogens (primary N) is 1. The van der Waals surface area contributed by atoms with Gasteiger partial charge in [-0.3, -0.25) is 4.79 Å². The average Bonchev–Trinajstić information content (AvgIpc) is 2.54. The van der Waals surface area contributed by atoms with Crippen LogP contribution in [0.25, 0.3) is 0 Å². The first-order valence-corrected chi connectivity index (χ1v) is 11.7. The van der Waals surface area contributed by atoms with E-state index in [0.717, 1.165) is 10.8 Å². The summed E-state index contributed by atoms with van der Waals surface area (Å²) in [5.74, 6) is -0.658. The molecule has 3 N–H and O–H groups in total. The Kier molecular flexibility index (Phi) is 6.10. The monoisotopic (exact) mass is 360 g/mol. The van der Waals surface area contributed by atoms with Gasteiger partial charge in [-0.1, -0.05) is 50.0 Å². The van der Waals surface area contributed by atoms with Gasteiger partial charge >= 0.3 is 0 Å². The maximum atomic E-state index is 14.3. The highest BCUT2D eigenvalue weighted by Gasteiger charge is 2.22. The van der Waals surface area contributed by atoms with Crippen molar-refractivity contribution in [1.29, 1.82) is 0 Å². The van der Waals surface area contributed by atoms with Crippen LogP contribution in [-0.4, -0.2) is 21.1 Å². The van der Waals surface area contributed by atoms with E-state index in [1.165, 1.54) is 6.07 Å². The van der Waals surface area contributed by atoms with Crippen LogP contribution in [0, 0.1) is 5.82 Å². The fourth-order valence-electron chi connectivity index (χ4n) is 2.56. The number of rotatable bonds is 6. The fraction of sp³-hybridized carbons (Fsp3) is 0.316. The van der Waals surface area contributed by atoms with E-state index in [4.69, 9.17) is 10.5 Å². The summed E-state index contributed by atoms with van der Waals surface area (Å²) in [5.41, 5.74) is 8.12. The van der Waals surface area contributed by atoms with Crippen molar-refractivity contribution in [1.82, 2.24) is 0 Å². The third kappa shape index (κ3) is 4.98. The van der Waals surface area contributed by atoms with Crippen LogP contribution in [0.1, 0.15) is 17.2 Å². The molecule has 2 rings (SSSR count). The SMILES string of the molecule is COCc1ccc([C@@H](N)C(=O)Nc2ccc([Si](C)(C)C)c(F)c2)cc1. The molecule has 2 aromatic rings. The number of nitrogens with one attached hydrogen (secondary N) is 1. The minimum absolute atomic E-state index is 0.283. The van der Waals surface area contributed by atoms with E-state index in [1.807, 2.05) is 12.1 Å². The van der Waals surface area contributed by atoms with Gasteiger partial charge in [-0.15, -0.1) is 0 Å². The Morgan fingerprint density at radius 3 is 2.36 bits per heavy atom. The zero-order valence-electron chi connectivity index (χ0n) is 15.1. The maximum absolute atomic E-state index is 14.3. The van der Waals surface area contributed by atoms with Crippen LogP contribution in [0.4, 0.5) is 10.1 Å². The Morgan fingerprint density at radius 2 is 1.84 bits per heavy atom. The van der Waals surface area contributed by atoms with Crippen molar-refractivity contribution in [3.05, 3.63) is 59.4 Å². The van der Waals surface area contributed by atoms with Crippen molar-refractivity contribution in [3.63, 3.8) is 0 Å². The first-order chi connectivity index (χ1) is 11.7. The van der Waals surface area contributed by atoms with Crippen LogP contribution in [0.5, 0.6) is 0 Å². The Morgan fingerprint density at radius 1 is 1.20 bits per heavy atom. The molecule has 0 radical (unpaired) electrons. The Bertz CT molecular complexity index is 742. The second kappa shape index (κ2) is 7.90. The Balaban J connectivity index is 2.09. The highest BCUT2D eigenvalue weighted by molar-refractivity contribution is 6.88. The Hall–Kier alpha value is -2.02. The lowest BCUT2D eigenvalue weighted by molar-refractivity contribution is -0.117. The number of hydrogen-bond donors (Lipinski definition) is 2. The van der Waals surface area contributed by atoms with Crippen molar-refractivity contribution in [2.24, 2.45) is 5.73 Å². The number of anilines is 1. The molecule has 4 nitrogen and oxygen atoms in total. The highest BCUT2D eigenvalue weighted by Crippen LogP contribution is 2.17. The summed E-state index contributed by atoms with van der Waals surface area (Å²) in [6.45, 7) is 6.73. The summed E-state index contributed by atoms with van der Waals surface area (Å²) in [6.07, 6.45) is 0. The van der Waals surface area contributed by atoms with Gasteiger partial charge in [0.25, 0.3) is 0 Å². The molecular weight excluding hydrogens is 335 g/mol. The molecule has 0 fully saturated rings. The maximum Gasteiger partial charge on any atom is 0.245 e. The van der Waals surface area contributed by atoms with Crippen LogP contribution in [0.15, 0.2) is 42.5 Å². The molecule has 0 bridgehead atoms. The lowest BCUT2D eigenvalue weighted by atomic mass is 10.0. The standard InChI is InChI=1S/C19H25FN2O2Si/c1-24-12-13-5-7-14(8-6-13)18(21)19(23)22-15-9-10-17(16(20)11-15)25(2,3)4/h5-11,18H,12,21H2,1-4H3,(H,22,23)/t18-/m1/s1. The van der Waals surface area contributed by atoms with Crippen LogP contribution in [0.2, 0.25) is 19.6 Å². The van der Waals surface area contributed by atoms with Crippen molar-refractivity contribution in [3.8, 4) is 0 Å². The van der Waals surface area contributed by atoms with Gasteiger partial charge in [-0.2, -0.15) is 0 Å². The molecule has 134 valence electrons. The number of carbonyl (C=O) groups excluding carboxylic acids is 1. The van der Waals surface area contributed by atoms with Crippen LogP contribution < -0.4 is 16.2 Å². The zero-order chi connectivity index (χ0) is 18.6. The summed E-state index contributed by atoms with van der Waals surface area (Å²) in [5, 5.41) is 3.43. The molecule has 0 aromatic heterocycles. The van der Waals surface area contributed by atoms with E-state index in [0.29, 0.717) is 17.9 Å². The normalized spacial score (nSPS) is 12.7. The second-order valence-corrected chi connectivity index (χ2v) is 12.1. The topological polar surface area (TPSA) is 64.3 Å².